The molecule has 0 radical (unpaired) electrons. The first kappa shape index (κ1) is 16.7. The molecule has 4 heteroatoms. The van der Waals surface area contributed by atoms with E-state index in [9.17, 15) is 0 Å². The minimum Gasteiger partial charge on any atom is -0.497 e. The first-order valence-corrected chi connectivity index (χ1v) is 9.40. The molecule has 0 amide bonds. The molecule has 26 heavy (non-hydrogen) atoms. The normalized spacial score (nSPS) is 13.6. The number of methoxy groups -OCH3 is 1. The molecule has 0 saturated heterocycles. The number of hydrogen-bond donors (Lipinski definition) is 1. The van der Waals surface area contributed by atoms with Crippen LogP contribution in [0.4, 0.5) is 5.82 Å². The van der Waals surface area contributed by atoms with Gasteiger partial charge in [-0.2, -0.15) is 5.10 Å². The Hall–Kier alpha value is -2.75. The SMILES string of the molecule is CCc1ccccc1-n1nc(-c2cccc(OC)c2)c2c1NCCCC2. The molecule has 0 saturated carbocycles. The molecule has 0 bridgehead atoms. The number of nitrogens with zero attached hydrogens (tertiary/aromatic N) is 2. The third-order valence-corrected chi connectivity index (χ3v) is 5.07. The van der Waals surface area contributed by atoms with E-state index in [0.717, 1.165) is 47.9 Å². The van der Waals surface area contributed by atoms with Crippen LogP contribution < -0.4 is 10.1 Å². The molecule has 4 rings (SSSR count). The third-order valence-electron chi connectivity index (χ3n) is 5.07. The zero-order valence-corrected chi connectivity index (χ0v) is 15.5. The molecule has 1 N–H and O–H groups in total. The standard InChI is InChI=1S/C22H25N3O/c1-3-16-9-4-5-13-20(16)25-22-19(12-6-7-14-23-22)21(24-25)17-10-8-11-18(15-17)26-2/h4-5,8-11,13,15,23H,3,6-7,12,14H2,1-2H3. The molecule has 3 aromatic rings. The molecular weight excluding hydrogens is 322 g/mol. The molecule has 2 aromatic carbocycles. The van der Waals surface area contributed by atoms with Gasteiger partial charge in [0.25, 0.3) is 0 Å². The lowest BCUT2D eigenvalue weighted by Gasteiger charge is -2.12. The Morgan fingerprint density at radius 3 is 2.85 bits per heavy atom. The van der Waals surface area contributed by atoms with Gasteiger partial charge in [0, 0.05) is 17.7 Å². The average molecular weight is 347 g/mol. The molecule has 1 aliphatic rings. The molecule has 0 unspecified atom stereocenters. The summed E-state index contributed by atoms with van der Waals surface area (Å²) in [4.78, 5) is 0. The highest BCUT2D eigenvalue weighted by molar-refractivity contribution is 5.72. The van der Waals surface area contributed by atoms with Gasteiger partial charge in [-0.05, 0) is 49.4 Å². The first-order chi connectivity index (χ1) is 12.8. The van der Waals surface area contributed by atoms with Crippen LogP contribution in [0.2, 0.25) is 0 Å². The number of aromatic nitrogens is 2. The Balaban J connectivity index is 1.92. The van der Waals surface area contributed by atoms with Crippen LogP contribution in [0, 0.1) is 0 Å². The lowest BCUT2D eigenvalue weighted by atomic mass is 10.0. The number of para-hydroxylation sites is 1. The van der Waals surface area contributed by atoms with Crippen LogP contribution in [0.3, 0.4) is 0 Å². The lowest BCUT2D eigenvalue weighted by Crippen LogP contribution is -2.08. The van der Waals surface area contributed by atoms with Crippen molar-refractivity contribution in [2.24, 2.45) is 0 Å². The van der Waals surface area contributed by atoms with Crippen LogP contribution in [-0.4, -0.2) is 23.4 Å². The van der Waals surface area contributed by atoms with E-state index in [-0.39, 0.29) is 0 Å². The van der Waals surface area contributed by atoms with E-state index in [4.69, 9.17) is 9.84 Å². The number of anilines is 1. The maximum atomic E-state index is 5.42. The number of ether oxygens (including phenoxy) is 1. The number of benzene rings is 2. The number of aryl methyl sites for hydroxylation is 1. The summed E-state index contributed by atoms with van der Waals surface area (Å²) in [5, 5.41) is 8.69. The number of hydrogen-bond acceptors (Lipinski definition) is 3. The highest BCUT2D eigenvalue weighted by Gasteiger charge is 2.22. The minimum absolute atomic E-state index is 0.862. The molecule has 2 heterocycles. The van der Waals surface area contributed by atoms with Crippen molar-refractivity contribution in [2.75, 3.05) is 19.0 Å². The predicted molar refractivity (Wildman–Crippen MR) is 106 cm³/mol. The van der Waals surface area contributed by atoms with Crippen molar-refractivity contribution in [3.63, 3.8) is 0 Å². The van der Waals surface area contributed by atoms with Crippen LogP contribution in [0.15, 0.2) is 48.5 Å². The Morgan fingerprint density at radius 1 is 1.12 bits per heavy atom. The molecule has 0 aliphatic carbocycles. The second-order valence-corrected chi connectivity index (χ2v) is 6.69. The maximum absolute atomic E-state index is 5.42. The monoisotopic (exact) mass is 347 g/mol. The van der Waals surface area contributed by atoms with Crippen molar-refractivity contribution in [3.8, 4) is 22.7 Å². The molecular formula is C22H25N3O. The van der Waals surface area contributed by atoms with E-state index in [2.05, 4.69) is 53.3 Å². The van der Waals surface area contributed by atoms with Crippen molar-refractivity contribution in [2.45, 2.75) is 32.6 Å². The van der Waals surface area contributed by atoms with Crippen molar-refractivity contribution < 1.29 is 4.74 Å². The summed E-state index contributed by atoms with van der Waals surface area (Å²) < 4.78 is 7.53. The van der Waals surface area contributed by atoms with Crippen molar-refractivity contribution in [1.29, 1.82) is 0 Å². The van der Waals surface area contributed by atoms with Gasteiger partial charge in [0.2, 0.25) is 0 Å². The molecule has 1 aliphatic heterocycles. The fraction of sp³-hybridized carbons (Fsp3) is 0.318. The van der Waals surface area contributed by atoms with Gasteiger partial charge in [0.1, 0.15) is 11.6 Å². The van der Waals surface area contributed by atoms with Crippen molar-refractivity contribution in [1.82, 2.24) is 9.78 Å². The zero-order valence-electron chi connectivity index (χ0n) is 15.5. The minimum atomic E-state index is 0.862. The Bertz CT molecular complexity index is 914. The largest absolute Gasteiger partial charge is 0.497 e. The predicted octanol–water partition coefficient (Wildman–Crippen LogP) is 4.86. The van der Waals surface area contributed by atoms with Crippen LogP contribution in [0.1, 0.15) is 30.9 Å². The Labute approximate surface area is 154 Å². The first-order valence-electron chi connectivity index (χ1n) is 9.40. The van der Waals surface area contributed by atoms with E-state index in [0.29, 0.717) is 0 Å². The van der Waals surface area contributed by atoms with Gasteiger partial charge in [0.15, 0.2) is 0 Å². The van der Waals surface area contributed by atoms with Gasteiger partial charge < -0.3 is 10.1 Å². The third kappa shape index (κ3) is 2.96. The van der Waals surface area contributed by atoms with Crippen LogP contribution in [0.5, 0.6) is 5.75 Å². The van der Waals surface area contributed by atoms with E-state index in [1.54, 1.807) is 7.11 Å². The second kappa shape index (κ2) is 7.24. The summed E-state index contributed by atoms with van der Waals surface area (Å²) >= 11 is 0. The number of nitrogens with one attached hydrogen (secondary N) is 1. The average Bonchev–Trinajstić information content (AvgIpc) is 2.88. The molecule has 1 aromatic heterocycles. The van der Waals surface area contributed by atoms with Gasteiger partial charge in [-0.15, -0.1) is 0 Å². The van der Waals surface area contributed by atoms with Gasteiger partial charge in [-0.3, -0.25) is 0 Å². The summed E-state index contributed by atoms with van der Waals surface area (Å²) in [6.07, 6.45) is 4.39. The Kier molecular flexibility index (Phi) is 4.65. The van der Waals surface area contributed by atoms with Crippen LogP contribution in [-0.2, 0) is 12.8 Å². The van der Waals surface area contributed by atoms with Crippen molar-refractivity contribution >= 4 is 5.82 Å². The molecule has 0 atom stereocenters. The number of rotatable bonds is 4. The number of fused-ring (bicyclic) bond motifs is 1. The molecule has 0 fully saturated rings. The maximum Gasteiger partial charge on any atom is 0.133 e. The van der Waals surface area contributed by atoms with Crippen LogP contribution in [0.25, 0.3) is 16.9 Å². The highest BCUT2D eigenvalue weighted by atomic mass is 16.5. The summed E-state index contributed by atoms with van der Waals surface area (Å²) in [6, 6.07) is 16.7. The summed E-state index contributed by atoms with van der Waals surface area (Å²) in [5.74, 6) is 2.00. The fourth-order valence-electron chi connectivity index (χ4n) is 3.70. The molecule has 0 spiro atoms. The Morgan fingerprint density at radius 2 is 2.00 bits per heavy atom. The summed E-state index contributed by atoms with van der Waals surface area (Å²) in [6.45, 7) is 3.18. The van der Waals surface area contributed by atoms with E-state index in [1.165, 1.54) is 24.0 Å². The van der Waals surface area contributed by atoms with Gasteiger partial charge in [-0.25, -0.2) is 4.68 Å². The van der Waals surface area contributed by atoms with Crippen LogP contribution >= 0.6 is 0 Å². The van der Waals surface area contributed by atoms with Gasteiger partial charge >= 0.3 is 0 Å². The fourth-order valence-corrected chi connectivity index (χ4v) is 3.70. The zero-order chi connectivity index (χ0) is 17.9. The van der Waals surface area contributed by atoms with E-state index in [1.807, 2.05) is 12.1 Å². The van der Waals surface area contributed by atoms with E-state index >= 15 is 0 Å². The smallest absolute Gasteiger partial charge is 0.133 e. The van der Waals surface area contributed by atoms with Crippen molar-refractivity contribution in [3.05, 3.63) is 59.7 Å². The van der Waals surface area contributed by atoms with Gasteiger partial charge in [0.05, 0.1) is 18.5 Å². The van der Waals surface area contributed by atoms with Gasteiger partial charge in [-0.1, -0.05) is 37.3 Å². The topological polar surface area (TPSA) is 39.1 Å². The summed E-state index contributed by atoms with van der Waals surface area (Å²) in [5.41, 5.74) is 5.94. The quantitative estimate of drug-likeness (QED) is 0.733. The highest BCUT2D eigenvalue weighted by Crippen LogP contribution is 2.35. The molecule has 4 nitrogen and oxygen atoms in total. The molecule has 134 valence electrons. The lowest BCUT2D eigenvalue weighted by molar-refractivity contribution is 0.415. The second-order valence-electron chi connectivity index (χ2n) is 6.69. The summed E-state index contributed by atoms with van der Waals surface area (Å²) in [7, 11) is 1.71. The van der Waals surface area contributed by atoms with E-state index < -0.39 is 0 Å².